The molecule has 0 aliphatic heterocycles. The summed E-state index contributed by atoms with van der Waals surface area (Å²) < 4.78 is 23.6. The minimum atomic E-state index is -0.624. The van der Waals surface area contributed by atoms with Crippen molar-refractivity contribution in [1.29, 1.82) is 0 Å². The van der Waals surface area contributed by atoms with Gasteiger partial charge in [-0.25, -0.2) is 12.2 Å². The second-order valence-electron chi connectivity index (χ2n) is 7.83. The molecule has 2 unspecified atom stereocenters. The molecule has 0 radical (unpaired) electrons. The van der Waals surface area contributed by atoms with Crippen LogP contribution in [-0.4, -0.2) is 24.8 Å². The first kappa shape index (κ1) is 37.6. The van der Waals surface area contributed by atoms with Crippen LogP contribution in [0.4, 0.5) is 0 Å². The molecule has 8 heteroatoms. The van der Waals surface area contributed by atoms with E-state index in [1.807, 2.05) is 76.3 Å². The summed E-state index contributed by atoms with van der Waals surface area (Å²) in [5, 5.41) is 0. The largest absolute Gasteiger partial charge is 2.00 e. The van der Waals surface area contributed by atoms with Crippen LogP contribution in [-0.2, 0) is 62.4 Å². The van der Waals surface area contributed by atoms with Crippen LogP contribution in [0.1, 0.15) is 53.4 Å². The van der Waals surface area contributed by atoms with Crippen molar-refractivity contribution < 1.29 is 87.2 Å². The van der Waals surface area contributed by atoms with Gasteiger partial charge in [-0.3, -0.25) is 0 Å². The van der Waals surface area contributed by atoms with Crippen LogP contribution >= 0.6 is 0 Å². The van der Waals surface area contributed by atoms with Gasteiger partial charge in [0, 0.05) is 26.1 Å². The first-order valence-corrected chi connectivity index (χ1v) is 11.4. The third-order valence-corrected chi connectivity index (χ3v) is 5.57. The van der Waals surface area contributed by atoms with Crippen molar-refractivity contribution in [3.8, 4) is 0 Å². The van der Waals surface area contributed by atoms with E-state index in [4.69, 9.17) is 18.9 Å². The van der Waals surface area contributed by atoms with E-state index in [2.05, 4.69) is 24.3 Å². The van der Waals surface area contributed by atoms with E-state index in [0.717, 1.165) is 48.3 Å². The molecule has 0 heterocycles. The molecule has 0 bridgehead atoms. The van der Waals surface area contributed by atoms with Gasteiger partial charge in [-0.1, -0.05) is 36.5 Å². The summed E-state index contributed by atoms with van der Waals surface area (Å²) in [5.41, 5.74) is 2.21. The Balaban J connectivity index is 0. The summed E-state index contributed by atoms with van der Waals surface area (Å²) in [6.45, 7) is 9.32. The number of hydrogen-bond acceptors (Lipinski definition) is 4. The maximum atomic E-state index is 5.97. The zero-order chi connectivity index (χ0) is 22.9. The molecule has 0 aromatic carbocycles. The smallest absolute Gasteiger partial charge is 1.00 e. The van der Waals surface area contributed by atoms with Gasteiger partial charge in [-0.15, -0.1) is 12.8 Å². The average molecular weight is 601 g/mol. The standard InChI is InChI=1S/2C14H17O2.2ClH.2Ti/c2*1-3-15-14(11-7-6-8-12(14)2)16-13-9-4-5-10-13;;;;/h2*4,6-9H,3,5,11H2,1-2H3;2*1H;;/q2*-1;;;2*+2/p-2. The first-order valence-electron chi connectivity index (χ1n) is 11.4. The summed E-state index contributed by atoms with van der Waals surface area (Å²) in [7, 11) is 0. The van der Waals surface area contributed by atoms with Gasteiger partial charge in [0.05, 0.1) is 0 Å². The van der Waals surface area contributed by atoms with Gasteiger partial charge in [0.15, 0.2) is 0 Å². The average Bonchev–Trinajstić information content (AvgIpc) is 3.48. The van der Waals surface area contributed by atoms with Crippen LogP contribution in [0.25, 0.3) is 0 Å². The maximum Gasteiger partial charge on any atom is 2.00 e. The van der Waals surface area contributed by atoms with Gasteiger partial charge < -0.3 is 43.8 Å². The fourth-order valence-electron chi connectivity index (χ4n) is 3.83. The Bertz CT molecular complexity index is 845. The van der Waals surface area contributed by atoms with E-state index < -0.39 is 11.6 Å². The van der Waals surface area contributed by atoms with Gasteiger partial charge in [0.1, 0.15) is 0 Å². The summed E-state index contributed by atoms with van der Waals surface area (Å²) in [4.78, 5) is 0. The third-order valence-electron chi connectivity index (χ3n) is 5.57. The van der Waals surface area contributed by atoms with Crippen LogP contribution in [0.3, 0.4) is 0 Å². The molecule has 0 N–H and O–H groups in total. The van der Waals surface area contributed by atoms with Crippen molar-refractivity contribution in [2.75, 3.05) is 13.2 Å². The van der Waals surface area contributed by atoms with Crippen LogP contribution in [0.5, 0.6) is 0 Å². The monoisotopic (exact) mass is 600 g/mol. The normalized spacial score (nSPS) is 24.8. The summed E-state index contributed by atoms with van der Waals surface area (Å²) in [6, 6.07) is 0. The van der Waals surface area contributed by atoms with Crippen LogP contribution in [0, 0.1) is 12.2 Å². The van der Waals surface area contributed by atoms with Gasteiger partial charge in [0.25, 0.3) is 0 Å². The number of halogens is 2. The molecular weight excluding hydrogens is 567 g/mol. The SMILES string of the molecule is CCOC1(OC2=[C-]CC=C2)CC=CC=C1C.CCOC1(OC2=[C-]CC=C2)CC=CC=C1C.[Cl-].[Cl-].[Ti+2].[Ti+2]. The Hall–Kier alpha value is -0.551. The van der Waals surface area contributed by atoms with Crippen molar-refractivity contribution in [2.45, 2.75) is 65.0 Å². The number of ether oxygens (including phenoxy) is 4. The molecule has 0 amide bonds. The quantitative estimate of drug-likeness (QED) is 0.232. The predicted octanol–water partition coefficient (Wildman–Crippen LogP) is 0.581. The van der Waals surface area contributed by atoms with Gasteiger partial charge in [-0.05, 0) is 50.4 Å². The van der Waals surface area contributed by atoms with Crippen molar-refractivity contribution in [3.63, 3.8) is 0 Å². The van der Waals surface area contributed by atoms with E-state index >= 15 is 0 Å². The zero-order valence-electron chi connectivity index (χ0n) is 21.4. The number of hydrogen-bond donors (Lipinski definition) is 0. The van der Waals surface area contributed by atoms with E-state index in [1.165, 1.54) is 0 Å². The minimum absolute atomic E-state index is 0. The fraction of sp³-hybridized carbons (Fsp3) is 0.429. The third kappa shape index (κ3) is 9.97. The van der Waals surface area contributed by atoms with Crippen molar-refractivity contribution in [1.82, 2.24) is 0 Å². The Morgan fingerprint density at radius 3 is 1.36 bits per heavy atom. The Labute approximate surface area is 259 Å². The minimum Gasteiger partial charge on any atom is -1.00 e. The molecule has 0 aromatic heterocycles. The molecule has 0 saturated carbocycles. The van der Waals surface area contributed by atoms with Crippen LogP contribution in [0.15, 0.2) is 83.4 Å². The summed E-state index contributed by atoms with van der Waals surface area (Å²) >= 11 is 0. The van der Waals surface area contributed by atoms with Crippen molar-refractivity contribution in [3.05, 3.63) is 95.6 Å². The fourth-order valence-corrected chi connectivity index (χ4v) is 3.83. The van der Waals surface area contributed by atoms with E-state index in [0.29, 0.717) is 13.2 Å². The van der Waals surface area contributed by atoms with Crippen LogP contribution < -0.4 is 24.8 Å². The Morgan fingerprint density at radius 1 is 0.694 bits per heavy atom. The second-order valence-corrected chi connectivity index (χ2v) is 7.83. The topological polar surface area (TPSA) is 36.9 Å². The maximum absolute atomic E-state index is 5.97. The molecule has 0 saturated heterocycles. The van der Waals surface area contributed by atoms with Crippen LogP contribution in [0.2, 0.25) is 0 Å². The molecule has 0 fully saturated rings. The van der Waals surface area contributed by atoms with Crippen molar-refractivity contribution in [2.24, 2.45) is 0 Å². The molecule has 192 valence electrons. The Morgan fingerprint density at radius 2 is 1.08 bits per heavy atom. The molecular formula is C28H34Cl2O4Ti2. The van der Waals surface area contributed by atoms with Gasteiger partial charge in [-0.2, -0.15) is 24.3 Å². The zero-order valence-corrected chi connectivity index (χ0v) is 26.0. The molecule has 2 atom stereocenters. The van der Waals surface area contributed by atoms with Gasteiger partial charge >= 0.3 is 43.4 Å². The molecule has 4 nitrogen and oxygen atoms in total. The van der Waals surface area contributed by atoms with E-state index in [-0.39, 0.29) is 68.2 Å². The predicted molar refractivity (Wildman–Crippen MR) is 127 cm³/mol. The molecule has 4 rings (SSSR count). The summed E-state index contributed by atoms with van der Waals surface area (Å²) in [5.74, 6) is 0.328. The summed E-state index contributed by atoms with van der Waals surface area (Å²) in [6.07, 6.45) is 29.8. The number of rotatable bonds is 8. The second kappa shape index (κ2) is 18.7. The van der Waals surface area contributed by atoms with E-state index in [9.17, 15) is 0 Å². The molecule has 0 spiro atoms. The number of allylic oxidation sites excluding steroid dienone is 10. The van der Waals surface area contributed by atoms with Gasteiger partial charge in [0.2, 0.25) is 11.6 Å². The molecule has 4 aliphatic rings. The van der Waals surface area contributed by atoms with Crippen molar-refractivity contribution >= 4 is 0 Å². The Kier molecular flexibility index (Phi) is 19.5. The van der Waals surface area contributed by atoms with E-state index in [1.54, 1.807) is 0 Å². The molecule has 4 aliphatic carbocycles. The first-order chi connectivity index (χ1) is 15.5. The molecule has 36 heavy (non-hydrogen) atoms. The molecule has 0 aromatic rings.